The molecule has 0 heterocycles. The van der Waals surface area contributed by atoms with Crippen molar-refractivity contribution in [3.8, 4) is 0 Å². The van der Waals surface area contributed by atoms with Crippen LogP contribution in [0.4, 0.5) is 0 Å². The van der Waals surface area contributed by atoms with Crippen LogP contribution in [0.2, 0.25) is 0 Å². The van der Waals surface area contributed by atoms with Crippen molar-refractivity contribution in [3.63, 3.8) is 0 Å². The first-order chi connectivity index (χ1) is 6.56. The van der Waals surface area contributed by atoms with Crippen molar-refractivity contribution in [1.82, 2.24) is 5.32 Å². The van der Waals surface area contributed by atoms with Crippen LogP contribution in [0.3, 0.4) is 0 Å². The summed E-state index contributed by atoms with van der Waals surface area (Å²) in [6.45, 7) is 13.8. The van der Waals surface area contributed by atoms with Gasteiger partial charge in [0, 0.05) is 0 Å². The second kappa shape index (κ2) is 8.28. The predicted octanol–water partition coefficient (Wildman–Crippen LogP) is 3.69. The van der Waals surface area contributed by atoms with Crippen LogP contribution in [-0.2, 0) is 0 Å². The van der Waals surface area contributed by atoms with Gasteiger partial charge in [0.25, 0.3) is 0 Å². The molecule has 0 saturated carbocycles. The van der Waals surface area contributed by atoms with Gasteiger partial charge < -0.3 is 5.32 Å². The Balaban J connectivity index is 3.48. The van der Waals surface area contributed by atoms with Crippen molar-refractivity contribution < 1.29 is 0 Å². The third-order valence-electron chi connectivity index (χ3n) is 2.72. The van der Waals surface area contributed by atoms with E-state index in [1.54, 1.807) is 0 Å². The van der Waals surface area contributed by atoms with Crippen LogP contribution in [0.25, 0.3) is 0 Å². The lowest BCUT2D eigenvalue weighted by Gasteiger charge is -2.17. The molecule has 0 aliphatic heterocycles. The van der Waals surface area contributed by atoms with Gasteiger partial charge in [-0.15, -0.1) is 0 Å². The van der Waals surface area contributed by atoms with Crippen LogP contribution in [0, 0.1) is 17.8 Å². The van der Waals surface area contributed by atoms with E-state index >= 15 is 0 Å². The standard InChI is InChI=1S/C13H29N/c1-6-13(8-7-11(2)3)10-14-9-12(4)5/h11-14H,6-10H2,1-5H3. The van der Waals surface area contributed by atoms with Gasteiger partial charge in [0.15, 0.2) is 0 Å². The van der Waals surface area contributed by atoms with Crippen molar-refractivity contribution in [2.24, 2.45) is 17.8 Å². The molecule has 0 saturated heterocycles. The molecule has 1 unspecified atom stereocenters. The lowest BCUT2D eigenvalue weighted by molar-refractivity contribution is 0.382. The van der Waals surface area contributed by atoms with Crippen molar-refractivity contribution >= 4 is 0 Å². The Morgan fingerprint density at radius 3 is 1.93 bits per heavy atom. The molecule has 0 aromatic carbocycles. The van der Waals surface area contributed by atoms with Gasteiger partial charge in [-0.25, -0.2) is 0 Å². The van der Waals surface area contributed by atoms with E-state index in [4.69, 9.17) is 0 Å². The summed E-state index contributed by atoms with van der Waals surface area (Å²) < 4.78 is 0. The number of nitrogens with one attached hydrogen (secondary N) is 1. The molecule has 0 aliphatic rings. The van der Waals surface area contributed by atoms with Crippen molar-refractivity contribution in [2.75, 3.05) is 13.1 Å². The summed E-state index contributed by atoms with van der Waals surface area (Å²) in [5, 5.41) is 3.56. The summed E-state index contributed by atoms with van der Waals surface area (Å²) in [5.41, 5.74) is 0. The fourth-order valence-electron chi connectivity index (χ4n) is 1.60. The molecule has 1 N–H and O–H groups in total. The van der Waals surface area contributed by atoms with Crippen molar-refractivity contribution in [2.45, 2.75) is 53.9 Å². The van der Waals surface area contributed by atoms with Crippen LogP contribution in [0.1, 0.15) is 53.9 Å². The van der Waals surface area contributed by atoms with E-state index < -0.39 is 0 Å². The monoisotopic (exact) mass is 199 g/mol. The van der Waals surface area contributed by atoms with Gasteiger partial charge in [0.2, 0.25) is 0 Å². The molecule has 0 amide bonds. The zero-order valence-electron chi connectivity index (χ0n) is 10.8. The fraction of sp³-hybridized carbons (Fsp3) is 1.00. The van der Waals surface area contributed by atoms with E-state index in [0.29, 0.717) is 0 Å². The Kier molecular flexibility index (Phi) is 8.26. The first-order valence-corrected chi connectivity index (χ1v) is 6.26. The van der Waals surface area contributed by atoms with Crippen molar-refractivity contribution in [1.29, 1.82) is 0 Å². The van der Waals surface area contributed by atoms with Crippen LogP contribution in [0.5, 0.6) is 0 Å². The molecule has 0 aromatic heterocycles. The minimum atomic E-state index is 0.776. The Hall–Kier alpha value is -0.0400. The molecule has 0 fully saturated rings. The van der Waals surface area contributed by atoms with E-state index in [1.165, 1.54) is 25.8 Å². The second-order valence-corrected chi connectivity index (χ2v) is 5.30. The Morgan fingerprint density at radius 2 is 1.50 bits per heavy atom. The molecule has 0 rings (SSSR count). The molecule has 0 bridgehead atoms. The van der Waals surface area contributed by atoms with Gasteiger partial charge in [-0.2, -0.15) is 0 Å². The SMILES string of the molecule is CCC(CCC(C)C)CNCC(C)C. The van der Waals surface area contributed by atoms with E-state index in [1.807, 2.05) is 0 Å². The van der Waals surface area contributed by atoms with E-state index in [-0.39, 0.29) is 0 Å². The van der Waals surface area contributed by atoms with Gasteiger partial charge in [0.1, 0.15) is 0 Å². The van der Waals surface area contributed by atoms with Crippen molar-refractivity contribution in [3.05, 3.63) is 0 Å². The largest absolute Gasteiger partial charge is 0.316 e. The van der Waals surface area contributed by atoms with Crippen LogP contribution < -0.4 is 5.32 Å². The van der Waals surface area contributed by atoms with E-state index in [2.05, 4.69) is 39.9 Å². The molecule has 0 aromatic rings. The highest BCUT2D eigenvalue weighted by Crippen LogP contribution is 2.14. The fourth-order valence-corrected chi connectivity index (χ4v) is 1.60. The van der Waals surface area contributed by atoms with E-state index in [9.17, 15) is 0 Å². The summed E-state index contributed by atoms with van der Waals surface area (Å²) in [6.07, 6.45) is 4.08. The maximum atomic E-state index is 3.56. The Morgan fingerprint density at radius 1 is 0.857 bits per heavy atom. The van der Waals surface area contributed by atoms with Gasteiger partial charge in [0.05, 0.1) is 0 Å². The Labute approximate surface area is 90.7 Å². The minimum absolute atomic E-state index is 0.776. The third-order valence-corrected chi connectivity index (χ3v) is 2.72. The van der Waals surface area contributed by atoms with Gasteiger partial charge in [-0.3, -0.25) is 0 Å². The average molecular weight is 199 g/mol. The molecule has 0 spiro atoms. The second-order valence-electron chi connectivity index (χ2n) is 5.30. The van der Waals surface area contributed by atoms with Gasteiger partial charge in [-0.05, 0) is 37.3 Å². The highest BCUT2D eigenvalue weighted by molar-refractivity contribution is 4.63. The summed E-state index contributed by atoms with van der Waals surface area (Å²) in [6, 6.07) is 0. The van der Waals surface area contributed by atoms with Crippen LogP contribution >= 0.6 is 0 Å². The van der Waals surface area contributed by atoms with Gasteiger partial charge in [-0.1, -0.05) is 47.5 Å². The molecule has 86 valence electrons. The quantitative estimate of drug-likeness (QED) is 0.628. The maximum absolute atomic E-state index is 3.56. The Bertz CT molecular complexity index is 118. The topological polar surface area (TPSA) is 12.0 Å². The minimum Gasteiger partial charge on any atom is -0.316 e. The molecule has 1 atom stereocenters. The summed E-state index contributed by atoms with van der Waals surface area (Å²) >= 11 is 0. The zero-order valence-corrected chi connectivity index (χ0v) is 10.8. The highest BCUT2D eigenvalue weighted by atomic mass is 14.9. The number of rotatable bonds is 8. The third kappa shape index (κ3) is 8.55. The molecule has 0 radical (unpaired) electrons. The number of hydrogen-bond acceptors (Lipinski definition) is 1. The predicted molar refractivity (Wildman–Crippen MR) is 65.6 cm³/mol. The smallest absolute Gasteiger partial charge is 0.00205 e. The molecule has 1 nitrogen and oxygen atoms in total. The maximum Gasteiger partial charge on any atom is -0.00205 e. The van der Waals surface area contributed by atoms with Crippen LogP contribution in [0.15, 0.2) is 0 Å². The summed E-state index contributed by atoms with van der Waals surface area (Å²) in [7, 11) is 0. The normalized spacial score (nSPS) is 13.9. The zero-order chi connectivity index (χ0) is 11.0. The molecule has 0 aliphatic carbocycles. The van der Waals surface area contributed by atoms with Gasteiger partial charge >= 0.3 is 0 Å². The van der Waals surface area contributed by atoms with E-state index in [0.717, 1.165) is 24.3 Å². The molecule has 14 heavy (non-hydrogen) atoms. The van der Waals surface area contributed by atoms with Crippen LogP contribution in [-0.4, -0.2) is 13.1 Å². The first-order valence-electron chi connectivity index (χ1n) is 6.26. The average Bonchev–Trinajstić information content (AvgIpc) is 2.10. The molecular formula is C13H29N. The lowest BCUT2D eigenvalue weighted by Crippen LogP contribution is -2.26. The summed E-state index contributed by atoms with van der Waals surface area (Å²) in [5.74, 6) is 2.52. The first kappa shape index (κ1) is 14.0. The lowest BCUT2D eigenvalue weighted by atomic mass is 9.95. The summed E-state index contributed by atoms with van der Waals surface area (Å²) in [4.78, 5) is 0. The highest BCUT2D eigenvalue weighted by Gasteiger charge is 2.07. The molecule has 1 heteroatoms. The number of hydrogen-bond donors (Lipinski definition) is 1. The molecular weight excluding hydrogens is 170 g/mol.